The second kappa shape index (κ2) is 6.61. The Kier molecular flexibility index (Phi) is 4.42. The first-order valence-corrected chi connectivity index (χ1v) is 11.8. The van der Waals surface area contributed by atoms with Crippen molar-refractivity contribution in [3.05, 3.63) is 35.4 Å². The zero-order valence-corrected chi connectivity index (χ0v) is 17.2. The lowest BCUT2D eigenvalue weighted by atomic mass is 9.96. The molecule has 148 valence electrons. The lowest BCUT2D eigenvalue weighted by Crippen LogP contribution is -2.03. The molecule has 2 aliphatic carbocycles. The van der Waals surface area contributed by atoms with E-state index >= 15 is 0 Å². The smallest absolute Gasteiger partial charge is 0.391 e. The molecule has 2 saturated carbocycles. The van der Waals surface area contributed by atoms with Crippen LogP contribution in [0.5, 0.6) is 0 Å². The molecular weight excluding hydrogens is 422 g/mol. The van der Waals surface area contributed by atoms with Crippen LogP contribution in [0.2, 0.25) is 0 Å². The summed E-state index contributed by atoms with van der Waals surface area (Å²) >= 11 is 13.5. The van der Waals surface area contributed by atoms with Gasteiger partial charge in [0.2, 0.25) is 5.50 Å². The Morgan fingerprint density at radius 3 is 2.21 bits per heavy atom. The highest BCUT2D eigenvalue weighted by molar-refractivity contribution is 7.59. The van der Waals surface area contributed by atoms with Crippen molar-refractivity contribution in [1.29, 1.82) is 0 Å². The molecule has 28 heavy (non-hydrogen) atoms. The van der Waals surface area contributed by atoms with Gasteiger partial charge in [0.15, 0.2) is 11.6 Å². The SMILES string of the molecule is O=P(O)(O)c1ccc(-c2nc3cc(C(Cl)C4CC4)c(C(Cl)C4CC4)cc3[nH]2)o1. The summed E-state index contributed by atoms with van der Waals surface area (Å²) < 4.78 is 16.7. The van der Waals surface area contributed by atoms with Gasteiger partial charge in [-0.3, -0.25) is 4.57 Å². The standard InChI is InChI=1S/C19H19Cl2N2O4P/c20-17(9-1-2-9)11-7-13-14(8-12(11)18(21)10-3-4-10)23-19(22-13)15-5-6-16(27-15)28(24,25)26/h5-10,17-18H,1-4H2,(H,22,23)(H2,24,25,26). The number of aromatic nitrogens is 2. The first-order valence-electron chi connectivity index (χ1n) is 9.29. The van der Waals surface area contributed by atoms with Crippen LogP contribution in [0.3, 0.4) is 0 Å². The summed E-state index contributed by atoms with van der Waals surface area (Å²) in [6, 6.07) is 6.77. The Labute approximate surface area is 171 Å². The van der Waals surface area contributed by atoms with E-state index in [1.807, 2.05) is 12.1 Å². The highest BCUT2D eigenvalue weighted by atomic mass is 35.5. The predicted molar refractivity (Wildman–Crippen MR) is 108 cm³/mol. The van der Waals surface area contributed by atoms with Crippen molar-refractivity contribution in [1.82, 2.24) is 9.97 Å². The van der Waals surface area contributed by atoms with E-state index in [-0.39, 0.29) is 22.0 Å². The number of nitrogens with one attached hydrogen (secondary N) is 1. The minimum Gasteiger partial charge on any atom is -0.445 e. The van der Waals surface area contributed by atoms with Gasteiger partial charge in [0.1, 0.15) is 0 Å². The molecule has 6 nitrogen and oxygen atoms in total. The van der Waals surface area contributed by atoms with E-state index in [1.165, 1.54) is 12.1 Å². The molecule has 5 rings (SSSR count). The summed E-state index contributed by atoms with van der Waals surface area (Å²) in [6.45, 7) is 0. The van der Waals surface area contributed by atoms with Crippen LogP contribution in [0.25, 0.3) is 22.6 Å². The lowest BCUT2D eigenvalue weighted by Gasteiger charge is -2.18. The van der Waals surface area contributed by atoms with Crippen molar-refractivity contribution in [2.75, 3.05) is 0 Å². The number of alkyl halides is 2. The molecule has 0 amide bonds. The number of fused-ring (bicyclic) bond motifs is 1. The summed E-state index contributed by atoms with van der Waals surface area (Å²) in [5.74, 6) is 1.65. The molecule has 2 atom stereocenters. The van der Waals surface area contributed by atoms with Crippen molar-refractivity contribution in [2.24, 2.45) is 11.8 Å². The molecule has 3 aromatic rings. The maximum Gasteiger partial charge on any atom is 0.391 e. The fourth-order valence-corrected chi connectivity index (χ4v) is 4.95. The predicted octanol–water partition coefficient (Wildman–Crippen LogP) is 5.01. The van der Waals surface area contributed by atoms with Crippen LogP contribution in [0.1, 0.15) is 47.6 Å². The molecular formula is C19H19Cl2N2O4P. The second-order valence-corrected chi connectivity index (χ2v) is 10.2. The van der Waals surface area contributed by atoms with Crippen molar-refractivity contribution in [3.8, 4) is 11.6 Å². The number of nitrogens with zero attached hydrogens (tertiary/aromatic N) is 1. The zero-order chi connectivity index (χ0) is 19.6. The highest BCUT2D eigenvalue weighted by Gasteiger charge is 2.37. The molecule has 3 N–H and O–H groups in total. The van der Waals surface area contributed by atoms with Crippen molar-refractivity contribution in [2.45, 2.75) is 36.4 Å². The lowest BCUT2D eigenvalue weighted by molar-refractivity contribution is 0.377. The number of furan rings is 1. The van der Waals surface area contributed by atoms with Gasteiger partial charge in [0.05, 0.1) is 21.8 Å². The van der Waals surface area contributed by atoms with Crippen molar-refractivity contribution < 1.29 is 18.8 Å². The number of hydrogen-bond donors (Lipinski definition) is 3. The summed E-state index contributed by atoms with van der Waals surface area (Å²) in [4.78, 5) is 26.3. The van der Waals surface area contributed by atoms with Crippen LogP contribution in [-0.2, 0) is 4.57 Å². The normalized spacial score (nSPS) is 19.9. The van der Waals surface area contributed by atoms with Crippen molar-refractivity contribution in [3.63, 3.8) is 0 Å². The van der Waals surface area contributed by atoms with Gasteiger partial charge in [-0.2, -0.15) is 0 Å². The quantitative estimate of drug-likeness (QED) is 0.369. The van der Waals surface area contributed by atoms with Gasteiger partial charge in [-0.15, -0.1) is 23.2 Å². The number of H-pyrrole nitrogens is 1. The summed E-state index contributed by atoms with van der Waals surface area (Å²) in [5.41, 5.74) is 3.24. The molecule has 1 aromatic carbocycles. The molecule has 2 aromatic heterocycles. The minimum atomic E-state index is -4.45. The number of benzene rings is 1. The van der Waals surface area contributed by atoms with E-state index in [2.05, 4.69) is 9.97 Å². The molecule has 0 radical (unpaired) electrons. The summed E-state index contributed by atoms with van der Waals surface area (Å²) in [7, 11) is -4.45. The van der Waals surface area contributed by atoms with E-state index in [0.29, 0.717) is 17.7 Å². The zero-order valence-electron chi connectivity index (χ0n) is 14.8. The molecule has 2 unspecified atom stereocenters. The first kappa shape index (κ1) is 18.7. The highest BCUT2D eigenvalue weighted by Crippen LogP contribution is 2.52. The van der Waals surface area contributed by atoms with Gasteiger partial charge in [-0.25, -0.2) is 4.98 Å². The van der Waals surface area contributed by atoms with Crippen LogP contribution < -0.4 is 5.50 Å². The Bertz CT molecular complexity index is 1040. The Hall–Kier alpha value is -1.30. The molecule has 2 aliphatic rings. The van der Waals surface area contributed by atoms with E-state index in [9.17, 15) is 14.4 Å². The third-order valence-corrected chi connectivity index (χ3v) is 7.46. The Morgan fingerprint density at radius 2 is 1.68 bits per heavy atom. The van der Waals surface area contributed by atoms with Crippen LogP contribution in [0, 0.1) is 11.8 Å². The minimum absolute atomic E-state index is 0.0731. The number of hydrogen-bond acceptors (Lipinski definition) is 3. The number of aromatic amines is 1. The molecule has 2 fully saturated rings. The summed E-state index contributed by atoms with van der Waals surface area (Å²) in [6.07, 6.45) is 4.53. The summed E-state index contributed by atoms with van der Waals surface area (Å²) in [5, 5.41) is -0.152. The van der Waals surface area contributed by atoms with Gasteiger partial charge in [-0.05, 0) is 72.9 Å². The van der Waals surface area contributed by atoms with E-state index in [1.54, 1.807) is 0 Å². The largest absolute Gasteiger partial charge is 0.445 e. The maximum atomic E-state index is 11.4. The topological polar surface area (TPSA) is 99.4 Å². The fourth-order valence-electron chi connectivity index (χ4n) is 3.58. The third-order valence-electron chi connectivity index (χ3n) is 5.46. The van der Waals surface area contributed by atoms with E-state index in [0.717, 1.165) is 47.8 Å². The van der Waals surface area contributed by atoms with Crippen LogP contribution in [-0.4, -0.2) is 19.8 Å². The van der Waals surface area contributed by atoms with Gasteiger partial charge >= 0.3 is 7.60 Å². The van der Waals surface area contributed by atoms with Gasteiger partial charge in [0.25, 0.3) is 0 Å². The Balaban J connectivity index is 1.59. The number of halogens is 2. The molecule has 0 bridgehead atoms. The maximum absolute atomic E-state index is 11.4. The van der Waals surface area contributed by atoms with Gasteiger partial charge in [-0.1, -0.05) is 0 Å². The molecule has 2 heterocycles. The third kappa shape index (κ3) is 3.42. The molecule has 0 aliphatic heterocycles. The van der Waals surface area contributed by atoms with Crippen molar-refractivity contribution >= 4 is 47.3 Å². The Morgan fingerprint density at radius 1 is 1.07 bits per heavy atom. The van der Waals surface area contributed by atoms with Gasteiger partial charge in [0, 0.05) is 0 Å². The average molecular weight is 441 g/mol. The fraction of sp³-hybridized carbons (Fsp3) is 0.421. The monoisotopic (exact) mass is 440 g/mol. The van der Waals surface area contributed by atoms with Crippen LogP contribution >= 0.6 is 30.8 Å². The van der Waals surface area contributed by atoms with Gasteiger partial charge < -0.3 is 19.2 Å². The molecule has 0 saturated heterocycles. The van der Waals surface area contributed by atoms with E-state index in [4.69, 9.17) is 27.6 Å². The molecule has 0 spiro atoms. The first-order chi connectivity index (χ1) is 13.3. The average Bonchev–Trinajstić information content (AvgIpc) is 3.57. The van der Waals surface area contributed by atoms with Crippen LogP contribution in [0.4, 0.5) is 0 Å². The second-order valence-electron chi connectivity index (χ2n) is 7.74. The molecule has 9 heteroatoms. The van der Waals surface area contributed by atoms with E-state index < -0.39 is 7.60 Å². The number of rotatable bonds is 6. The van der Waals surface area contributed by atoms with Crippen LogP contribution in [0.15, 0.2) is 28.7 Å². The number of imidazole rings is 1.